The van der Waals surface area contributed by atoms with Crippen LogP contribution >= 0.6 is 0 Å². The molecule has 2 atom stereocenters. The van der Waals surface area contributed by atoms with Gasteiger partial charge in [0.25, 0.3) is 5.91 Å². The molecular weight excluding hydrogens is 619 g/mol. The molecule has 1 saturated carbocycles. The van der Waals surface area contributed by atoms with Crippen molar-refractivity contribution in [3.05, 3.63) is 53.1 Å². The van der Waals surface area contributed by atoms with Gasteiger partial charge in [0.15, 0.2) is 11.6 Å². The Morgan fingerprint density at radius 2 is 1.63 bits per heavy atom. The molecule has 2 aliphatic rings. The first-order valence-corrected chi connectivity index (χ1v) is 14.7. The Bertz CT molecular complexity index is 1470. The van der Waals surface area contributed by atoms with Gasteiger partial charge in [0.05, 0.1) is 54.9 Å². The highest BCUT2D eigenvalue weighted by Gasteiger charge is 2.42. The van der Waals surface area contributed by atoms with E-state index in [2.05, 4.69) is 10.6 Å². The van der Waals surface area contributed by atoms with Crippen LogP contribution in [0.2, 0.25) is 0 Å². The van der Waals surface area contributed by atoms with Gasteiger partial charge in [-0.3, -0.25) is 14.4 Å². The molecule has 0 aromatic heterocycles. The lowest BCUT2D eigenvalue weighted by Crippen LogP contribution is -2.44. The molecule has 4 rings (SSSR count). The van der Waals surface area contributed by atoms with Gasteiger partial charge in [0.2, 0.25) is 5.91 Å². The summed E-state index contributed by atoms with van der Waals surface area (Å²) in [7, 11) is 1.25. The van der Waals surface area contributed by atoms with E-state index in [1.54, 1.807) is 20.8 Å². The number of hydrogen-bond donors (Lipinski definition) is 2. The van der Waals surface area contributed by atoms with Gasteiger partial charge in [0.1, 0.15) is 17.2 Å². The van der Waals surface area contributed by atoms with Crippen LogP contribution in [0.25, 0.3) is 0 Å². The highest BCUT2D eigenvalue weighted by molar-refractivity contribution is 5.99. The lowest BCUT2D eigenvalue weighted by atomic mass is 9.74. The summed E-state index contributed by atoms with van der Waals surface area (Å²) in [4.78, 5) is 39.0. The van der Waals surface area contributed by atoms with Crippen molar-refractivity contribution in [3.8, 4) is 11.5 Å². The molecule has 0 bridgehead atoms. The van der Waals surface area contributed by atoms with E-state index >= 15 is 4.39 Å². The van der Waals surface area contributed by atoms with Gasteiger partial charge in [-0.1, -0.05) is 0 Å². The van der Waals surface area contributed by atoms with E-state index < -0.39 is 64.3 Å². The Balaban J connectivity index is 1.43. The SMILES string of the molecule is COc1cc(F)c(OC2CCC(C)(C(=O)OC(C)(C)C)CC2)cc1C(=O)N[C@@H]1COC[C@@H]1C(=O)Nc1ccc(F)c(C(F)(F)F)c1. The molecule has 0 radical (unpaired) electrons. The maximum Gasteiger partial charge on any atom is 0.419 e. The quantitative estimate of drug-likeness (QED) is 0.263. The van der Waals surface area contributed by atoms with Crippen molar-refractivity contribution < 1.29 is 55.3 Å². The van der Waals surface area contributed by atoms with Crippen LogP contribution in [0.15, 0.2) is 30.3 Å². The second kappa shape index (κ2) is 13.4. The number of methoxy groups -OCH3 is 1. The van der Waals surface area contributed by atoms with Gasteiger partial charge < -0.3 is 29.6 Å². The summed E-state index contributed by atoms with van der Waals surface area (Å²) in [6.45, 7) is 6.97. The monoisotopic (exact) mass is 656 g/mol. The molecule has 2 amide bonds. The number of amides is 2. The lowest BCUT2D eigenvalue weighted by Gasteiger charge is -2.37. The summed E-state index contributed by atoms with van der Waals surface area (Å²) >= 11 is 0. The Morgan fingerprint density at radius 3 is 2.24 bits per heavy atom. The van der Waals surface area contributed by atoms with E-state index in [1.807, 2.05) is 6.92 Å². The van der Waals surface area contributed by atoms with Crippen LogP contribution in [0.4, 0.5) is 27.6 Å². The largest absolute Gasteiger partial charge is 0.496 e. The van der Waals surface area contributed by atoms with Crippen LogP contribution in [0, 0.1) is 23.0 Å². The van der Waals surface area contributed by atoms with Crippen molar-refractivity contribution in [2.24, 2.45) is 11.3 Å². The third-order valence-corrected chi connectivity index (χ3v) is 7.99. The number of esters is 1. The average molecular weight is 657 g/mol. The zero-order chi connectivity index (χ0) is 34.0. The van der Waals surface area contributed by atoms with Gasteiger partial charge in [0, 0.05) is 11.8 Å². The van der Waals surface area contributed by atoms with Gasteiger partial charge in [-0.2, -0.15) is 13.2 Å². The lowest BCUT2D eigenvalue weighted by molar-refractivity contribution is -0.169. The predicted molar refractivity (Wildman–Crippen MR) is 155 cm³/mol. The second-order valence-electron chi connectivity index (χ2n) is 12.8. The fourth-order valence-corrected chi connectivity index (χ4v) is 5.36. The van der Waals surface area contributed by atoms with E-state index in [9.17, 15) is 31.9 Å². The van der Waals surface area contributed by atoms with Crippen molar-refractivity contribution in [3.63, 3.8) is 0 Å². The number of rotatable bonds is 8. The van der Waals surface area contributed by atoms with Crippen LogP contribution in [0.1, 0.15) is 69.3 Å². The second-order valence-corrected chi connectivity index (χ2v) is 12.8. The van der Waals surface area contributed by atoms with E-state index in [0.29, 0.717) is 37.8 Å². The van der Waals surface area contributed by atoms with E-state index in [4.69, 9.17) is 18.9 Å². The average Bonchev–Trinajstić information content (AvgIpc) is 3.42. The number of anilines is 1. The first kappa shape index (κ1) is 34.9. The molecule has 2 aromatic carbocycles. The molecule has 0 unspecified atom stereocenters. The number of alkyl halides is 3. The van der Waals surface area contributed by atoms with Crippen LogP contribution in [0.3, 0.4) is 0 Å². The van der Waals surface area contributed by atoms with Gasteiger partial charge >= 0.3 is 12.1 Å². The van der Waals surface area contributed by atoms with Gasteiger partial charge in [-0.05, 0) is 77.6 Å². The van der Waals surface area contributed by atoms with Crippen molar-refractivity contribution in [1.29, 1.82) is 0 Å². The first-order chi connectivity index (χ1) is 21.4. The smallest absolute Gasteiger partial charge is 0.419 e. The van der Waals surface area contributed by atoms with Crippen LogP contribution in [0.5, 0.6) is 11.5 Å². The maximum absolute atomic E-state index is 15.0. The standard InChI is InChI=1S/C32H37F5N2O7/c1-30(2,3)46-29(42)31(4)10-8-18(9-11-31)45-26-13-19(25(43-5)14-23(26)34)27(40)39-24-16-44-15-20(24)28(41)38-17-6-7-22(33)21(12-17)32(35,36)37/h6-7,12-14,18,20,24H,8-11,15-16H2,1-5H3,(H,38,41)(H,39,40)/t18?,20-,24+,31?/m0/s1. The van der Waals surface area contributed by atoms with Gasteiger partial charge in [-0.15, -0.1) is 0 Å². The molecule has 1 aliphatic carbocycles. The van der Waals surface area contributed by atoms with E-state index in [0.717, 1.165) is 12.1 Å². The third-order valence-electron chi connectivity index (χ3n) is 7.99. The molecule has 1 heterocycles. The van der Waals surface area contributed by atoms with E-state index in [-0.39, 0.29) is 41.9 Å². The molecule has 252 valence electrons. The molecule has 2 N–H and O–H groups in total. The van der Waals surface area contributed by atoms with Crippen molar-refractivity contribution >= 4 is 23.5 Å². The van der Waals surface area contributed by atoms with Crippen molar-refractivity contribution in [2.75, 3.05) is 25.6 Å². The fourth-order valence-electron chi connectivity index (χ4n) is 5.36. The molecule has 9 nitrogen and oxygen atoms in total. The predicted octanol–water partition coefficient (Wildman–Crippen LogP) is 6.05. The molecule has 1 saturated heterocycles. The molecule has 46 heavy (non-hydrogen) atoms. The number of halogens is 5. The zero-order valence-corrected chi connectivity index (χ0v) is 26.1. The van der Waals surface area contributed by atoms with Crippen LogP contribution < -0.4 is 20.1 Å². The number of carbonyl (C=O) groups is 3. The van der Waals surface area contributed by atoms with E-state index in [1.165, 1.54) is 13.2 Å². The first-order valence-electron chi connectivity index (χ1n) is 14.7. The minimum atomic E-state index is -4.97. The molecule has 0 spiro atoms. The number of hydrogen-bond acceptors (Lipinski definition) is 7. The summed E-state index contributed by atoms with van der Waals surface area (Å²) in [5.74, 6) is -5.37. The van der Waals surface area contributed by atoms with Crippen LogP contribution in [-0.2, 0) is 25.2 Å². The zero-order valence-electron chi connectivity index (χ0n) is 26.1. The number of benzene rings is 2. The highest BCUT2D eigenvalue weighted by atomic mass is 19.4. The van der Waals surface area contributed by atoms with Crippen LogP contribution in [-0.4, -0.2) is 55.9 Å². The fraction of sp³-hybridized carbons (Fsp3) is 0.531. The summed E-state index contributed by atoms with van der Waals surface area (Å²) < 4.78 is 90.1. The summed E-state index contributed by atoms with van der Waals surface area (Å²) in [5.41, 5.74) is -3.25. The molecular formula is C32H37F5N2O7. The number of ether oxygens (including phenoxy) is 4. The summed E-state index contributed by atoms with van der Waals surface area (Å²) in [6.07, 6.45) is -3.60. The highest BCUT2D eigenvalue weighted by Crippen LogP contribution is 2.40. The van der Waals surface area contributed by atoms with Crippen molar-refractivity contribution in [1.82, 2.24) is 5.32 Å². The Morgan fingerprint density at radius 1 is 0.957 bits per heavy atom. The number of carbonyl (C=O) groups excluding carboxylic acids is 3. The molecule has 2 fully saturated rings. The number of nitrogens with one attached hydrogen (secondary N) is 2. The molecule has 14 heteroatoms. The summed E-state index contributed by atoms with van der Waals surface area (Å²) in [6, 6.07) is 3.34. The van der Waals surface area contributed by atoms with Crippen molar-refractivity contribution in [2.45, 2.75) is 77.3 Å². The van der Waals surface area contributed by atoms with Gasteiger partial charge in [-0.25, -0.2) is 8.78 Å². The topological polar surface area (TPSA) is 112 Å². The summed E-state index contributed by atoms with van der Waals surface area (Å²) in [5, 5.41) is 4.96. The maximum atomic E-state index is 15.0. The molecule has 2 aromatic rings. The Kier molecular flexibility index (Phi) is 10.2. The minimum Gasteiger partial charge on any atom is -0.496 e. The normalized spacial score (nSPS) is 23.4. The Hall–Kier alpha value is -3.94. The Labute approximate surface area is 263 Å². The minimum absolute atomic E-state index is 0.0901. The third kappa shape index (κ3) is 8.25. The molecule has 1 aliphatic heterocycles.